The zero-order chi connectivity index (χ0) is 19.4. The fourth-order valence-corrected chi connectivity index (χ4v) is 3.76. The maximum Gasteiger partial charge on any atom is 0.414 e. The Balaban J connectivity index is 1.57. The summed E-state index contributed by atoms with van der Waals surface area (Å²) in [5.74, 6) is 0.489. The summed E-state index contributed by atoms with van der Waals surface area (Å²) >= 11 is 0. The molecule has 2 fully saturated rings. The highest BCUT2D eigenvalue weighted by Crippen LogP contribution is 2.28. The van der Waals surface area contributed by atoms with Crippen molar-refractivity contribution in [2.45, 2.75) is 18.9 Å². The minimum absolute atomic E-state index is 0.182. The molecule has 0 radical (unpaired) electrons. The number of benzene rings is 1. The lowest BCUT2D eigenvalue weighted by molar-refractivity contribution is 0.107. The number of carbonyl (C=O) groups excluding carboxylic acids is 1. The molecule has 2 saturated heterocycles. The lowest BCUT2D eigenvalue weighted by Crippen LogP contribution is -2.34. The first-order chi connectivity index (χ1) is 12.9. The van der Waals surface area contributed by atoms with Gasteiger partial charge in [0.15, 0.2) is 0 Å². The van der Waals surface area contributed by atoms with E-state index in [1.165, 1.54) is 4.90 Å². The van der Waals surface area contributed by atoms with Crippen molar-refractivity contribution in [1.29, 1.82) is 0 Å². The number of hydrogen-bond donors (Lipinski definition) is 0. The van der Waals surface area contributed by atoms with Crippen LogP contribution >= 0.6 is 0 Å². The summed E-state index contributed by atoms with van der Waals surface area (Å²) < 4.78 is 32.0. The van der Waals surface area contributed by atoms with E-state index in [1.54, 1.807) is 0 Å². The van der Waals surface area contributed by atoms with Crippen molar-refractivity contribution in [1.82, 2.24) is 0 Å². The number of rotatable bonds is 6. The first kappa shape index (κ1) is 19.5. The molecule has 1 aromatic carbocycles. The molecule has 3 rings (SSSR count). The van der Waals surface area contributed by atoms with Crippen LogP contribution in [0.4, 0.5) is 16.2 Å². The fourth-order valence-electron chi connectivity index (χ4n) is 3.36. The third kappa shape index (κ3) is 5.11. The van der Waals surface area contributed by atoms with Gasteiger partial charge in [-0.2, -0.15) is 8.42 Å². The van der Waals surface area contributed by atoms with Crippen molar-refractivity contribution in [2.24, 2.45) is 5.92 Å². The Morgan fingerprint density at radius 1 is 1.22 bits per heavy atom. The van der Waals surface area contributed by atoms with Crippen LogP contribution in [0.1, 0.15) is 12.8 Å². The first-order valence-electron chi connectivity index (χ1n) is 8.86. The molecule has 0 unspecified atom stereocenters. The second kappa shape index (κ2) is 8.15. The van der Waals surface area contributed by atoms with Gasteiger partial charge in [0.25, 0.3) is 10.1 Å². The molecule has 2 aliphatic heterocycles. The third-order valence-corrected chi connectivity index (χ3v) is 5.40. The average Bonchev–Trinajstić information content (AvgIpc) is 3.01. The molecular weight excluding hydrogens is 370 g/mol. The van der Waals surface area contributed by atoms with Crippen molar-refractivity contribution >= 4 is 27.6 Å². The number of amides is 1. The van der Waals surface area contributed by atoms with Crippen LogP contribution in [0.5, 0.6) is 0 Å². The van der Waals surface area contributed by atoms with Gasteiger partial charge < -0.3 is 14.5 Å². The second-order valence-corrected chi connectivity index (χ2v) is 8.54. The van der Waals surface area contributed by atoms with E-state index in [9.17, 15) is 13.2 Å². The van der Waals surface area contributed by atoms with E-state index < -0.39 is 22.3 Å². The quantitative estimate of drug-likeness (QED) is 0.544. The molecule has 0 bridgehead atoms. The molecule has 0 saturated carbocycles. The molecule has 27 heavy (non-hydrogen) atoms. The highest BCUT2D eigenvalue weighted by molar-refractivity contribution is 7.85. The maximum atomic E-state index is 12.1. The fraction of sp³-hybridized carbons (Fsp3) is 0.556. The Kier molecular flexibility index (Phi) is 5.87. The van der Waals surface area contributed by atoms with Gasteiger partial charge in [0, 0.05) is 30.4 Å². The minimum Gasteiger partial charge on any atom is -0.441 e. The summed E-state index contributed by atoms with van der Waals surface area (Å²) in [6.07, 6.45) is 1.87. The van der Waals surface area contributed by atoms with E-state index in [0.29, 0.717) is 18.2 Å². The Morgan fingerprint density at radius 3 is 2.44 bits per heavy atom. The Morgan fingerprint density at radius 2 is 1.85 bits per heavy atom. The summed E-state index contributed by atoms with van der Waals surface area (Å²) in [5, 5.41) is 0. The first-order valence-corrected chi connectivity index (χ1v) is 10.7. The molecule has 0 spiro atoms. The van der Waals surface area contributed by atoms with Gasteiger partial charge in [0.2, 0.25) is 6.54 Å². The van der Waals surface area contributed by atoms with Crippen LogP contribution < -0.4 is 9.80 Å². The summed E-state index contributed by atoms with van der Waals surface area (Å²) in [4.78, 5) is 19.3. The van der Waals surface area contributed by atoms with Gasteiger partial charge in [-0.15, -0.1) is 0 Å². The van der Waals surface area contributed by atoms with Crippen LogP contribution in [0.2, 0.25) is 0 Å². The molecule has 0 N–H and O–H groups in total. The topological polar surface area (TPSA) is 80.5 Å². The Hall–Kier alpha value is -2.31. The standard InChI is InChI=1S/C18H23N3O5S/c1-19-11-14-7-9-20(10-8-14)15-3-5-16(6-4-15)21-12-17(26-18(21)22)13-25-27(2,23)24/h3-6,14,17H,7-13H2,2H3/t17-/m1/s1. The van der Waals surface area contributed by atoms with Crippen LogP contribution in [0.25, 0.3) is 4.85 Å². The molecule has 0 aliphatic carbocycles. The second-order valence-electron chi connectivity index (χ2n) is 6.89. The Labute approximate surface area is 159 Å². The predicted octanol–water partition coefficient (Wildman–Crippen LogP) is 2.12. The molecule has 2 heterocycles. The number of nitrogens with zero attached hydrogens (tertiary/aromatic N) is 3. The lowest BCUT2D eigenvalue weighted by Gasteiger charge is -2.32. The molecule has 0 aromatic heterocycles. The number of ether oxygens (including phenoxy) is 1. The van der Waals surface area contributed by atoms with Gasteiger partial charge in [0.1, 0.15) is 12.7 Å². The largest absolute Gasteiger partial charge is 0.441 e. The normalized spacial score (nSPS) is 21.2. The van der Waals surface area contributed by atoms with Gasteiger partial charge in [-0.3, -0.25) is 9.08 Å². The van der Waals surface area contributed by atoms with Gasteiger partial charge in [-0.25, -0.2) is 11.4 Å². The van der Waals surface area contributed by atoms with E-state index in [4.69, 9.17) is 15.5 Å². The van der Waals surface area contributed by atoms with Gasteiger partial charge in [-0.05, 0) is 37.1 Å². The Bertz CT molecular complexity index is 810. The van der Waals surface area contributed by atoms with Gasteiger partial charge in [-0.1, -0.05) is 0 Å². The van der Waals surface area contributed by atoms with Crippen LogP contribution in [0.15, 0.2) is 24.3 Å². The zero-order valence-corrected chi connectivity index (χ0v) is 16.0. The highest BCUT2D eigenvalue weighted by Gasteiger charge is 2.33. The molecule has 2 aliphatic rings. The van der Waals surface area contributed by atoms with Crippen LogP contribution in [0.3, 0.4) is 0 Å². The van der Waals surface area contributed by atoms with Crippen LogP contribution in [0, 0.1) is 12.5 Å². The zero-order valence-electron chi connectivity index (χ0n) is 15.2. The molecule has 1 amide bonds. The number of carbonyl (C=O) groups is 1. The monoisotopic (exact) mass is 393 g/mol. The number of hydrogen-bond acceptors (Lipinski definition) is 6. The van der Waals surface area contributed by atoms with Crippen molar-refractivity contribution in [3.63, 3.8) is 0 Å². The molecular formula is C18H23N3O5S. The molecule has 1 atom stereocenters. The third-order valence-electron chi connectivity index (χ3n) is 4.83. The SMILES string of the molecule is [C-]#[N+]CC1CCN(c2ccc(N3C[C@H](COS(C)(=O)=O)OC3=O)cc2)CC1. The van der Waals surface area contributed by atoms with Crippen molar-refractivity contribution < 1.29 is 22.1 Å². The summed E-state index contributed by atoms with van der Waals surface area (Å²) in [6.45, 7) is 9.50. The summed E-state index contributed by atoms with van der Waals surface area (Å²) in [6, 6.07) is 7.67. The predicted molar refractivity (Wildman–Crippen MR) is 101 cm³/mol. The minimum atomic E-state index is -3.57. The van der Waals surface area contributed by atoms with E-state index >= 15 is 0 Å². The summed E-state index contributed by atoms with van der Waals surface area (Å²) in [5.41, 5.74) is 1.79. The van der Waals surface area contributed by atoms with E-state index in [0.717, 1.165) is 37.9 Å². The maximum absolute atomic E-state index is 12.1. The molecule has 146 valence electrons. The van der Waals surface area contributed by atoms with Crippen molar-refractivity contribution in [2.75, 3.05) is 48.8 Å². The number of piperidine rings is 1. The smallest absolute Gasteiger partial charge is 0.414 e. The van der Waals surface area contributed by atoms with Gasteiger partial charge in [0.05, 0.1) is 12.8 Å². The summed E-state index contributed by atoms with van der Waals surface area (Å²) in [7, 11) is -3.57. The number of anilines is 2. The average molecular weight is 393 g/mol. The molecule has 1 aromatic rings. The number of cyclic esters (lactones) is 1. The van der Waals surface area contributed by atoms with Crippen LogP contribution in [-0.4, -0.2) is 59.7 Å². The highest BCUT2D eigenvalue weighted by atomic mass is 32.2. The van der Waals surface area contributed by atoms with Gasteiger partial charge >= 0.3 is 6.09 Å². The molecule has 8 nitrogen and oxygen atoms in total. The molecule has 9 heteroatoms. The van der Waals surface area contributed by atoms with E-state index in [-0.39, 0.29) is 13.2 Å². The van der Waals surface area contributed by atoms with E-state index in [1.807, 2.05) is 24.3 Å². The van der Waals surface area contributed by atoms with Crippen molar-refractivity contribution in [3.05, 3.63) is 35.7 Å². The van der Waals surface area contributed by atoms with E-state index in [2.05, 4.69) is 9.74 Å². The van der Waals surface area contributed by atoms with Crippen molar-refractivity contribution in [3.8, 4) is 0 Å². The van der Waals surface area contributed by atoms with Crippen LogP contribution in [-0.2, 0) is 19.0 Å². The lowest BCUT2D eigenvalue weighted by atomic mass is 9.96.